The molecule has 0 aliphatic carbocycles. The van der Waals surface area contributed by atoms with E-state index in [2.05, 4.69) is 26.6 Å². The van der Waals surface area contributed by atoms with Gasteiger partial charge in [0.1, 0.15) is 11.3 Å². The van der Waals surface area contributed by atoms with Crippen molar-refractivity contribution in [1.29, 1.82) is 0 Å². The minimum Gasteiger partial charge on any atom is -0.459 e. The van der Waals surface area contributed by atoms with Gasteiger partial charge in [0.25, 0.3) is 0 Å². The summed E-state index contributed by atoms with van der Waals surface area (Å²) < 4.78 is 6.80. The maximum Gasteiger partial charge on any atom is 0.236 e. The lowest BCUT2D eigenvalue weighted by molar-refractivity contribution is -0.122. The van der Waals surface area contributed by atoms with Gasteiger partial charge in [-0.2, -0.15) is 0 Å². The van der Waals surface area contributed by atoms with Gasteiger partial charge in [-0.1, -0.05) is 15.9 Å². The van der Waals surface area contributed by atoms with Crippen LogP contribution in [0.5, 0.6) is 0 Å². The Morgan fingerprint density at radius 1 is 1.32 bits per heavy atom. The zero-order valence-electron chi connectivity index (χ0n) is 11.2. The van der Waals surface area contributed by atoms with Crippen LogP contribution in [0.25, 0.3) is 11.0 Å². The zero-order valence-corrected chi connectivity index (χ0v) is 12.7. The van der Waals surface area contributed by atoms with Gasteiger partial charge in [-0.05, 0) is 38.1 Å². The molecule has 0 bridgehead atoms. The van der Waals surface area contributed by atoms with Crippen LogP contribution in [0.15, 0.2) is 33.2 Å². The second-order valence-corrected chi connectivity index (χ2v) is 5.47. The molecule has 102 valence electrons. The van der Waals surface area contributed by atoms with E-state index in [-0.39, 0.29) is 18.0 Å². The monoisotopic (exact) mass is 324 g/mol. The molecule has 1 amide bonds. The summed E-state index contributed by atoms with van der Waals surface area (Å²) in [6.07, 6.45) is 0. The second kappa shape index (κ2) is 5.75. The number of amides is 1. The van der Waals surface area contributed by atoms with Crippen molar-refractivity contribution in [1.82, 2.24) is 10.6 Å². The predicted octanol–water partition coefficient (Wildman–Crippen LogP) is 2.98. The van der Waals surface area contributed by atoms with E-state index in [1.165, 1.54) is 0 Å². The van der Waals surface area contributed by atoms with Crippen molar-refractivity contribution in [3.63, 3.8) is 0 Å². The van der Waals surface area contributed by atoms with Crippen LogP contribution < -0.4 is 10.6 Å². The van der Waals surface area contributed by atoms with E-state index >= 15 is 0 Å². The number of carbonyl (C=O) groups excluding carboxylic acids is 1. The van der Waals surface area contributed by atoms with E-state index in [0.29, 0.717) is 0 Å². The summed E-state index contributed by atoms with van der Waals surface area (Å²) in [5.74, 6) is 0.787. The highest BCUT2D eigenvalue weighted by atomic mass is 79.9. The summed E-state index contributed by atoms with van der Waals surface area (Å²) in [6, 6.07) is 7.59. The van der Waals surface area contributed by atoms with E-state index in [9.17, 15) is 4.79 Å². The molecular formula is C14H17BrN2O2. The first-order chi connectivity index (χ1) is 9.01. The first-order valence-electron chi connectivity index (χ1n) is 6.18. The molecule has 1 aromatic carbocycles. The summed E-state index contributed by atoms with van der Waals surface area (Å²) in [5.41, 5.74) is 0.847. The summed E-state index contributed by atoms with van der Waals surface area (Å²) in [5, 5.41) is 6.87. The molecule has 5 heteroatoms. The Hall–Kier alpha value is -1.33. The van der Waals surface area contributed by atoms with Crippen molar-refractivity contribution in [3.8, 4) is 0 Å². The van der Waals surface area contributed by atoms with Crippen molar-refractivity contribution in [3.05, 3.63) is 34.5 Å². The molecule has 2 unspecified atom stereocenters. The van der Waals surface area contributed by atoms with Crippen molar-refractivity contribution < 1.29 is 9.21 Å². The standard InChI is InChI=1S/C14H17BrN2O2/c1-8(17-9(2)14(18)16-3)13-7-10-6-11(15)4-5-12(10)19-13/h4-9,17H,1-3H3,(H,16,18). The van der Waals surface area contributed by atoms with Crippen LogP contribution in [-0.2, 0) is 4.79 Å². The lowest BCUT2D eigenvalue weighted by Gasteiger charge is -2.16. The Labute approximate surface area is 120 Å². The molecule has 19 heavy (non-hydrogen) atoms. The third-order valence-electron chi connectivity index (χ3n) is 3.06. The highest BCUT2D eigenvalue weighted by Crippen LogP contribution is 2.26. The van der Waals surface area contributed by atoms with E-state index in [0.717, 1.165) is 21.2 Å². The minimum absolute atomic E-state index is 0.0292. The summed E-state index contributed by atoms with van der Waals surface area (Å²) in [4.78, 5) is 11.5. The summed E-state index contributed by atoms with van der Waals surface area (Å²) in [6.45, 7) is 3.81. The number of hydrogen-bond donors (Lipinski definition) is 2. The normalized spacial score (nSPS) is 14.3. The van der Waals surface area contributed by atoms with Gasteiger partial charge < -0.3 is 9.73 Å². The summed E-state index contributed by atoms with van der Waals surface area (Å²) >= 11 is 3.44. The van der Waals surface area contributed by atoms with Crippen LogP contribution in [0.4, 0.5) is 0 Å². The maximum atomic E-state index is 11.5. The number of fused-ring (bicyclic) bond motifs is 1. The molecule has 2 rings (SSSR count). The van der Waals surface area contributed by atoms with Crippen molar-refractivity contribution >= 4 is 32.8 Å². The van der Waals surface area contributed by atoms with Crippen LogP contribution in [0.1, 0.15) is 25.6 Å². The molecular weight excluding hydrogens is 308 g/mol. The minimum atomic E-state index is -0.264. The predicted molar refractivity (Wildman–Crippen MR) is 79.0 cm³/mol. The first kappa shape index (κ1) is 14.1. The van der Waals surface area contributed by atoms with E-state index in [4.69, 9.17) is 4.42 Å². The third-order valence-corrected chi connectivity index (χ3v) is 3.56. The number of hydrogen-bond acceptors (Lipinski definition) is 3. The molecule has 0 aliphatic rings. The van der Waals surface area contributed by atoms with Crippen LogP contribution in [-0.4, -0.2) is 19.0 Å². The SMILES string of the molecule is CNC(=O)C(C)NC(C)c1cc2cc(Br)ccc2o1. The Kier molecular flexibility index (Phi) is 4.27. The molecule has 2 N–H and O–H groups in total. The number of rotatable bonds is 4. The number of likely N-dealkylation sites (N-methyl/N-ethyl adjacent to an activating group) is 1. The Bertz CT molecular complexity index is 594. The molecule has 0 fully saturated rings. The number of halogens is 1. The van der Waals surface area contributed by atoms with Gasteiger partial charge in [0.15, 0.2) is 0 Å². The molecule has 1 aromatic heterocycles. The van der Waals surface area contributed by atoms with Crippen molar-refractivity contribution in [2.75, 3.05) is 7.05 Å². The maximum absolute atomic E-state index is 11.5. The largest absolute Gasteiger partial charge is 0.459 e. The van der Waals surface area contributed by atoms with Gasteiger partial charge in [-0.3, -0.25) is 10.1 Å². The van der Waals surface area contributed by atoms with Gasteiger partial charge in [0, 0.05) is 16.9 Å². The second-order valence-electron chi connectivity index (χ2n) is 4.56. The average Bonchev–Trinajstić information content (AvgIpc) is 2.80. The zero-order chi connectivity index (χ0) is 14.0. The first-order valence-corrected chi connectivity index (χ1v) is 6.97. The van der Waals surface area contributed by atoms with E-state index < -0.39 is 0 Å². The van der Waals surface area contributed by atoms with Crippen LogP contribution in [0, 0.1) is 0 Å². The molecule has 1 heterocycles. The lowest BCUT2D eigenvalue weighted by Crippen LogP contribution is -2.41. The highest BCUT2D eigenvalue weighted by Gasteiger charge is 2.17. The highest BCUT2D eigenvalue weighted by molar-refractivity contribution is 9.10. The molecule has 0 aliphatic heterocycles. The van der Waals surface area contributed by atoms with Crippen LogP contribution >= 0.6 is 15.9 Å². The topological polar surface area (TPSA) is 54.3 Å². The average molecular weight is 325 g/mol. The number of nitrogens with one attached hydrogen (secondary N) is 2. The van der Waals surface area contributed by atoms with Gasteiger partial charge in [0.2, 0.25) is 5.91 Å². The quantitative estimate of drug-likeness (QED) is 0.909. The molecule has 2 atom stereocenters. The third kappa shape index (κ3) is 3.16. The van der Waals surface area contributed by atoms with Gasteiger partial charge in [-0.25, -0.2) is 0 Å². The van der Waals surface area contributed by atoms with Gasteiger partial charge in [-0.15, -0.1) is 0 Å². The fraction of sp³-hybridized carbons (Fsp3) is 0.357. The van der Waals surface area contributed by atoms with Gasteiger partial charge >= 0.3 is 0 Å². The number of benzene rings is 1. The molecule has 0 saturated carbocycles. The smallest absolute Gasteiger partial charge is 0.236 e. The lowest BCUT2D eigenvalue weighted by atomic mass is 10.2. The van der Waals surface area contributed by atoms with E-state index in [1.54, 1.807) is 7.05 Å². The van der Waals surface area contributed by atoms with Crippen LogP contribution in [0.3, 0.4) is 0 Å². The molecule has 0 radical (unpaired) electrons. The molecule has 2 aromatic rings. The summed E-state index contributed by atoms with van der Waals surface area (Å²) in [7, 11) is 1.63. The van der Waals surface area contributed by atoms with E-state index in [1.807, 2.05) is 38.1 Å². The molecule has 0 saturated heterocycles. The Balaban J connectivity index is 2.17. The van der Waals surface area contributed by atoms with Crippen LogP contribution in [0.2, 0.25) is 0 Å². The fourth-order valence-electron chi connectivity index (χ4n) is 2.00. The Morgan fingerprint density at radius 3 is 2.74 bits per heavy atom. The number of furan rings is 1. The fourth-order valence-corrected chi connectivity index (χ4v) is 2.38. The van der Waals surface area contributed by atoms with Gasteiger partial charge in [0.05, 0.1) is 12.1 Å². The molecule has 4 nitrogen and oxygen atoms in total. The molecule has 0 spiro atoms. The Morgan fingerprint density at radius 2 is 2.05 bits per heavy atom. The van der Waals surface area contributed by atoms with Crippen molar-refractivity contribution in [2.24, 2.45) is 0 Å². The number of carbonyl (C=O) groups is 1. The van der Waals surface area contributed by atoms with Crippen molar-refractivity contribution in [2.45, 2.75) is 25.9 Å².